The number of aliphatic carboxylic acids is 1. The lowest BCUT2D eigenvalue weighted by Crippen LogP contribution is -2.52. The number of hydrogen-bond donors (Lipinski definition) is 3. The quantitative estimate of drug-likeness (QED) is 0.535. The van der Waals surface area contributed by atoms with Crippen LogP contribution in [0.25, 0.3) is 0 Å². The minimum atomic E-state index is -1.27. The van der Waals surface area contributed by atoms with E-state index in [1.807, 2.05) is 0 Å². The Morgan fingerprint density at radius 2 is 1.72 bits per heavy atom. The maximum absolute atomic E-state index is 14.0. The molecular formula is C20H19BrClFN2O4. The fourth-order valence-electron chi connectivity index (χ4n) is 2.73. The molecule has 2 aromatic rings. The molecule has 0 aromatic heterocycles. The number of carboxylic acid groups (broad SMARTS) is 1. The molecule has 0 heterocycles. The topological polar surface area (TPSA) is 95.5 Å². The molecule has 6 nitrogen and oxygen atoms in total. The van der Waals surface area contributed by atoms with Gasteiger partial charge in [-0.2, -0.15) is 0 Å². The van der Waals surface area contributed by atoms with Gasteiger partial charge in [0.2, 0.25) is 11.8 Å². The Bertz CT molecular complexity index is 925. The van der Waals surface area contributed by atoms with Gasteiger partial charge in [-0.05, 0) is 35.4 Å². The van der Waals surface area contributed by atoms with E-state index in [0.717, 1.165) is 0 Å². The second-order valence-electron chi connectivity index (χ2n) is 6.39. The molecule has 0 aliphatic heterocycles. The molecule has 3 N–H and O–H groups in total. The van der Waals surface area contributed by atoms with Crippen molar-refractivity contribution in [3.63, 3.8) is 0 Å². The van der Waals surface area contributed by atoms with Gasteiger partial charge in [0.25, 0.3) is 0 Å². The maximum atomic E-state index is 14.0. The van der Waals surface area contributed by atoms with Crippen LogP contribution < -0.4 is 10.6 Å². The number of hydrogen-bond acceptors (Lipinski definition) is 3. The van der Waals surface area contributed by atoms with E-state index in [9.17, 15) is 23.9 Å². The summed E-state index contributed by atoms with van der Waals surface area (Å²) in [6.45, 7) is 1.22. The number of rotatable bonds is 8. The summed E-state index contributed by atoms with van der Waals surface area (Å²) in [4.78, 5) is 35.9. The van der Waals surface area contributed by atoms with E-state index in [0.29, 0.717) is 15.1 Å². The molecule has 2 aromatic carbocycles. The molecule has 154 valence electrons. The number of nitrogens with one attached hydrogen (secondary N) is 2. The van der Waals surface area contributed by atoms with Gasteiger partial charge in [0.1, 0.15) is 17.9 Å². The molecule has 9 heteroatoms. The van der Waals surface area contributed by atoms with E-state index < -0.39 is 35.7 Å². The van der Waals surface area contributed by atoms with Gasteiger partial charge in [0.05, 0.1) is 0 Å². The molecule has 0 fully saturated rings. The zero-order valence-corrected chi connectivity index (χ0v) is 17.8. The highest BCUT2D eigenvalue weighted by Gasteiger charge is 2.27. The van der Waals surface area contributed by atoms with Crippen molar-refractivity contribution in [3.05, 3.63) is 68.9 Å². The van der Waals surface area contributed by atoms with Crippen molar-refractivity contribution in [2.75, 3.05) is 0 Å². The predicted molar refractivity (Wildman–Crippen MR) is 110 cm³/mol. The molecule has 0 saturated carbocycles. The van der Waals surface area contributed by atoms with Crippen LogP contribution in [0.3, 0.4) is 0 Å². The second-order valence-corrected chi connectivity index (χ2v) is 7.68. The molecule has 0 saturated heterocycles. The third-order valence-electron chi connectivity index (χ3n) is 4.12. The SMILES string of the molecule is CC(=O)N[C@@H](Cc1ccccc1F)C(=O)N[C@@H](Cc1cc(Cl)ccc1Br)C(=O)O. The summed E-state index contributed by atoms with van der Waals surface area (Å²) in [5.41, 5.74) is 0.821. The van der Waals surface area contributed by atoms with Gasteiger partial charge in [0, 0.05) is 29.3 Å². The first-order chi connectivity index (χ1) is 13.7. The first-order valence-corrected chi connectivity index (χ1v) is 9.82. The Morgan fingerprint density at radius 1 is 1.07 bits per heavy atom. The van der Waals surface area contributed by atoms with Crippen LogP contribution in [-0.4, -0.2) is 35.0 Å². The van der Waals surface area contributed by atoms with Crippen molar-refractivity contribution in [2.24, 2.45) is 0 Å². The molecule has 0 bridgehead atoms. The number of amides is 2. The first kappa shape index (κ1) is 22.8. The number of carbonyl (C=O) groups is 3. The lowest BCUT2D eigenvalue weighted by Gasteiger charge is -2.21. The van der Waals surface area contributed by atoms with Crippen LogP contribution in [0.4, 0.5) is 4.39 Å². The van der Waals surface area contributed by atoms with Gasteiger partial charge >= 0.3 is 5.97 Å². The van der Waals surface area contributed by atoms with E-state index in [2.05, 4.69) is 26.6 Å². The van der Waals surface area contributed by atoms with Crippen LogP contribution in [-0.2, 0) is 27.2 Å². The Morgan fingerprint density at radius 3 is 2.34 bits per heavy atom. The summed E-state index contributed by atoms with van der Waals surface area (Å²) in [6.07, 6.45) is -0.153. The van der Waals surface area contributed by atoms with Crippen LogP contribution in [0.2, 0.25) is 5.02 Å². The number of carbonyl (C=O) groups excluding carboxylic acids is 2. The molecule has 0 aliphatic rings. The predicted octanol–water partition coefficient (Wildman–Crippen LogP) is 3.10. The van der Waals surface area contributed by atoms with E-state index in [1.165, 1.54) is 25.1 Å². The molecule has 0 unspecified atom stereocenters. The highest BCUT2D eigenvalue weighted by atomic mass is 79.9. The van der Waals surface area contributed by atoms with Crippen molar-refractivity contribution in [3.8, 4) is 0 Å². The van der Waals surface area contributed by atoms with Crippen LogP contribution in [0.15, 0.2) is 46.9 Å². The van der Waals surface area contributed by atoms with Crippen LogP contribution >= 0.6 is 27.5 Å². The standard InChI is InChI=1S/C20H19BrClFN2O4/c1-11(26)24-17(9-12-4-2-3-5-16(12)23)19(27)25-18(20(28)29)10-13-8-14(22)6-7-15(13)21/h2-8,17-18H,9-10H2,1H3,(H,24,26)(H,25,27)(H,28,29)/t17-,18-/m0/s1. The second kappa shape index (κ2) is 10.4. The largest absolute Gasteiger partial charge is 0.480 e. The summed E-state index contributed by atoms with van der Waals surface area (Å²) < 4.78 is 14.6. The lowest BCUT2D eigenvalue weighted by molar-refractivity contribution is -0.142. The Balaban J connectivity index is 2.19. The van der Waals surface area contributed by atoms with E-state index >= 15 is 0 Å². The van der Waals surface area contributed by atoms with Crippen molar-refractivity contribution >= 4 is 45.3 Å². The van der Waals surface area contributed by atoms with Crippen LogP contribution in [0, 0.1) is 5.82 Å². The molecule has 2 amide bonds. The van der Waals surface area contributed by atoms with Crippen molar-refractivity contribution in [1.82, 2.24) is 10.6 Å². The lowest BCUT2D eigenvalue weighted by atomic mass is 10.0. The van der Waals surface area contributed by atoms with Crippen molar-refractivity contribution < 1.29 is 23.9 Å². The smallest absolute Gasteiger partial charge is 0.326 e. The Hall–Kier alpha value is -2.45. The van der Waals surface area contributed by atoms with Gasteiger partial charge in [-0.3, -0.25) is 9.59 Å². The number of benzene rings is 2. The summed E-state index contributed by atoms with van der Waals surface area (Å²) in [7, 11) is 0. The summed E-state index contributed by atoms with van der Waals surface area (Å²) in [6, 6.07) is 8.38. The van der Waals surface area contributed by atoms with Gasteiger partial charge < -0.3 is 15.7 Å². The van der Waals surface area contributed by atoms with Crippen molar-refractivity contribution in [2.45, 2.75) is 31.8 Å². The van der Waals surface area contributed by atoms with Crippen molar-refractivity contribution in [1.29, 1.82) is 0 Å². The number of halogens is 3. The minimum absolute atomic E-state index is 0.0330. The summed E-state index contributed by atoms with van der Waals surface area (Å²) in [5.74, 6) is -2.99. The third-order valence-corrected chi connectivity index (χ3v) is 5.13. The summed E-state index contributed by atoms with van der Waals surface area (Å²) >= 11 is 9.29. The van der Waals surface area contributed by atoms with Gasteiger partial charge in [-0.15, -0.1) is 0 Å². The zero-order valence-electron chi connectivity index (χ0n) is 15.4. The molecule has 0 aliphatic carbocycles. The Labute approximate surface area is 180 Å². The number of carboxylic acids is 1. The molecule has 2 atom stereocenters. The highest BCUT2D eigenvalue weighted by Crippen LogP contribution is 2.22. The van der Waals surface area contributed by atoms with Crippen LogP contribution in [0.1, 0.15) is 18.1 Å². The minimum Gasteiger partial charge on any atom is -0.480 e. The van der Waals surface area contributed by atoms with E-state index in [4.69, 9.17) is 11.6 Å². The molecule has 0 spiro atoms. The molecular weight excluding hydrogens is 467 g/mol. The average Bonchev–Trinajstić information content (AvgIpc) is 2.64. The highest BCUT2D eigenvalue weighted by molar-refractivity contribution is 9.10. The molecule has 2 rings (SSSR count). The van der Waals surface area contributed by atoms with Gasteiger partial charge in [-0.25, -0.2) is 9.18 Å². The van der Waals surface area contributed by atoms with Gasteiger partial charge in [-0.1, -0.05) is 45.7 Å². The fourth-order valence-corrected chi connectivity index (χ4v) is 3.33. The van der Waals surface area contributed by atoms with E-state index in [-0.39, 0.29) is 18.4 Å². The monoisotopic (exact) mass is 484 g/mol. The third kappa shape index (κ3) is 6.83. The van der Waals surface area contributed by atoms with Gasteiger partial charge in [0.15, 0.2) is 0 Å². The summed E-state index contributed by atoms with van der Waals surface area (Å²) in [5, 5.41) is 14.8. The Kier molecular flexibility index (Phi) is 8.16. The van der Waals surface area contributed by atoms with E-state index in [1.54, 1.807) is 24.3 Å². The normalized spacial score (nSPS) is 12.7. The molecule has 29 heavy (non-hydrogen) atoms. The average molecular weight is 486 g/mol. The fraction of sp³-hybridized carbons (Fsp3) is 0.250. The first-order valence-electron chi connectivity index (χ1n) is 8.65. The van der Waals surface area contributed by atoms with Crippen LogP contribution in [0.5, 0.6) is 0 Å². The maximum Gasteiger partial charge on any atom is 0.326 e. The zero-order chi connectivity index (χ0) is 21.6. The molecule has 0 radical (unpaired) electrons.